The summed E-state index contributed by atoms with van der Waals surface area (Å²) in [5.74, 6) is 3.11. The third-order valence-electron chi connectivity index (χ3n) is 3.05. The van der Waals surface area contributed by atoms with Gasteiger partial charge in [0.15, 0.2) is 0 Å². The summed E-state index contributed by atoms with van der Waals surface area (Å²) in [6.45, 7) is 1.32. The van der Waals surface area contributed by atoms with Crippen LogP contribution >= 0.6 is 0 Å². The molecule has 2 heteroatoms. The second kappa shape index (κ2) is 6.86. The van der Waals surface area contributed by atoms with Gasteiger partial charge in [-0.2, -0.15) is 0 Å². The van der Waals surface area contributed by atoms with Crippen molar-refractivity contribution in [2.45, 2.75) is 44.6 Å². The molecule has 0 aliphatic heterocycles. The zero-order valence-electron chi connectivity index (χ0n) is 8.84. The fourth-order valence-corrected chi connectivity index (χ4v) is 2.17. The summed E-state index contributed by atoms with van der Waals surface area (Å²) in [4.78, 5) is 0. The maximum Gasteiger partial charge on any atom is 0.0474 e. The van der Waals surface area contributed by atoms with Crippen LogP contribution in [-0.4, -0.2) is 24.3 Å². The molecular weight excluding hydrogens is 174 g/mol. The highest BCUT2D eigenvalue weighted by atomic mass is 16.3. The van der Waals surface area contributed by atoms with Crippen molar-refractivity contribution in [3.63, 3.8) is 0 Å². The molecule has 1 aliphatic rings. The summed E-state index contributed by atoms with van der Waals surface area (Å²) < 4.78 is 0. The zero-order valence-corrected chi connectivity index (χ0v) is 8.84. The number of nitrogens with one attached hydrogen (secondary N) is 1. The number of hydrogen-bond acceptors (Lipinski definition) is 2. The van der Waals surface area contributed by atoms with Gasteiger partial charge in [-0.05, 0) is 31.7 Å². The first kappa shape index (κ1) is 11.6. The standard InChI is InChI=1S/C12H21NO/c1-2-3-6-9-13-12-8-5-4-7-11(12)10-14/h1,11-14H,3-10H2. The van der Waals surface area contributed by atoms with Gasteiger partial charge < -0.3 is 10.4 Å². The van der Waals surface area contributed by atoms with Gasteiger partial charge in [0.25, 0.3) is 0 Å². The minimum atomic E-state index is 0.326. The minimum absolute atomic E-state index is 0.326. The van der Waals surface area contributed by atoms with E-state index < -0.39 is 0 Å². The van der Waals surface area contributed by atoms with E-state index in [1.165, 1.54) is 25.7 Å². The fourth-order valence-electron chi connectivity index (χ4n) is 2.17. The molecular formula is C12H21NO. The van der Waals surface area contributed by atoms with E-state index in [1.807, 2.05) is 0 Å². The van der Waals surface area contributed by atoms with Crippen molar-refractivity contribution in [1.82, 2.24) is 5.32 Å². The van der Waals surface area contributed by atoms with E-state index in [-0.39, 0.29) is 0 Å². The van der Waals surface area contributed by atoms with E-state index in [4.69, 9.17) is 6.42 Å². The molecule has 80 valence electrons. The Bertz CT molecular complexity index is 185. The van der Waals surface area contributed by atoms with E-state index in [1.54, 1.807) is 0 Å². The second-order valence-electron chi connectivity index (χ2n) is 4.10. The lowest BCUT2D eigenvalue weighted by molar-refractivity contribution is 0.153. The molecule has 0 aromatic rings. The smallest absolute Gasteiger partial charge is 0.0474 e. The molecule has 0 aromatic carbocycles. The molecule has 0 heterocycles. The highest BCUT2D eigenvalue weighted by molar-refractivity contribution is 4.84. The van der Waals surface area contributed by atoms with Gasteiger partial charge in [-0.25, -0.2) is 0 Å². The molecule has 2 N–H and O–H groups in total. The molecule has 2 nitrogen and oxygen atoms in total. The minimum Gasteiger partial charge on any atom is -0.396 e. The first-order chi connectivity index (χ1) is 6.88. The van der Waals surface area contributed by atoms with Gasteiger partial charge in [0.05, 0.1) is 0 Å². The Morgan fingerprint density at radius 2 is 2.14 bits per heavy atom. The molecule has 0 spiro atoms. The number of rotatable bonds is 5. The molecule has 1 saturated carbocycles. The molecule has 0 saturated heterocycles. The summed E-state index contributed by atoms with van der Waals surface area (Å²) in [5.41, 5.74) is 0. The van der Waals surface area contributed by atoms with Crippen LogP contribution < -0.4 is 5.32 Å². The van der Waals surface area contributed by atoms with Crippen molar-refractivity contribution in [2.75, 3.05) is 13.2 Å². The first-order valence-electron chi connectivity index (χ1n) is 5.66. The van der Waals surface area contributed by atoms with Crippen LogP contribution in [0.4, 0.5) is 0 Å². The molecule has 0 amide bonds. The predicted molar refractivity (Wildman–Crippen MR) is 58.9 cm³/mol. The lowest BCUT2D eigenvalue weighted by Gasteiger charge is -2.31. The number of aliphatic hydroxyl groups excluding tert-OH is 1. The largest absolute Gasteiger partial charge is 0.396 e. The van der Waals surface area contributed by atoms with Crippen LogP contribution in [0, 0.1) is 18.3 Å². The Labute approximate surface area is 87.1 Å². The molecule has 1 rings (SSSR count). The highest BCUT2D eigenvalue weighted by Crippen LogP contribution is 2.23. The van der Waals surface area contributed by atoms with Gasteiger partial charge in [0, 0.05) is 19.1 Å². The van der Waals surface area contributed by atoms with Crippen LogP contribution in [0.25, 0.3) is 0 Å². The van der Waals surface area contributed by atoms with Crippen molar-refractivity contribution in [1.29, 1.82) is 0 Å². The Morgan fingerprint density at radius 3 is 2.86 bits per heavy atom. The van der Waals surface area contributed by atoms with Gasteiger partial charge in [0.2, 0.25) is 0 Å². The Kier molecular flexibility index (Phi) is 5.66. The van der Waals surface area contributed by atoms with Crippen LogP contribution in [0.15, 0.2) is 0 Å². The molecule has 2 unspecified atom stereocenters. The number of hydrogen-bond donors (Lipinski definition) is 2. The summed E-state index contributed by atoms with van der Waals surface area (Å²) in [6, 6.07) is 0.520. The normalized spacial score (nSPS) is 27.1. The SMILES string of the molecule is C#CCCCNC1CCCCC1CO. The van der Waals surface area contributed by atoms with E-state index in [2.05, 4.69) is 11.2 Å². The van der Waals surface area contributed by atoms with Gasteiger partial charge in [0.1, 0.15) is 0 Å². The summed E-state index contributed by atoms with van der Waals surface area (Å²) in [6.07, 6.45) is 12.0. The van der Waals surface area contributed by atoms with Crippen molar-refractivity contribution in [2.24, 2.45) is 5.92 Å². The van der Waals surface area contributed by atoms with Crippen LogP contribution in [0.2, 0.25) is 0 Å². The van der Waals surface area contributed by atoms with Gasteiger partial charge >= 0.3 is 0 Å². The molecule has 2 atom stereocenters. The lowest BCUT2D eigenvalue weighted by Crippen LogP contribution is -2.40. The Balaban J connectivity index is 2.17. The van der Waals surface area contributed by atoms with E-state index >= 15 is 0 Å². The van der Waals surface area contributed by atoms with Crippen molar-refractivity contribution >= 4 is 0 Å². The molecule has 0 bridgehead atoms. The molecule has 0 aromatic heterocycles. The van der Waals surface area contributed by atoms with Crippen molar-refractivity contribution in [3.05, 3.63) is 0 Å². The second-order valence-corrected chi connectivity index (χ2v) is 4.10. The average Bonchev–Trinajstić information content (AvgIpc) is 2.25. The van der Waals surface area contributed by atoms with E-state index in [0.717, 1.165) is 19.4 Å². The molecule has 14 heavy (non-hydrogen) atoms. The van der Waals surface area contributed by atoms with E-state index in [9.17, 15) is 5.11 Å². The summed E-state index contributed by atoms with van der Waals surface area (Å²) >= 11 is 0. The van der Waals surface area contributed by atoms with Crippen molar-refractivity contribution in [3.8, 4) is 12.3 Å². The molecule has 0 radical (unpaired) electrons. The topological polar surface area (TPSA) is 32.3 Å². The third-order valence-corrected chi connectivity index (χ3v) is 3.05. The van der Waals surface area contributed by atoms with Crippen LogP contribution in [0.1, 0.15) is 38.5 Å². The summed E-state index contributed by atoms with van der Waals surface area (Å²) in [7, 11) is 0. The zero-order chi connectivity index (χ0) is 10.2. The monoisotopic (exact) mass is 195 g/mol. The molecule has 1 aliphatic carbocycles. The quantitative estimate of drug-likeness (QED) is 0.515. The summed E-state index contributed by atoms with van der Waals surface area (Å²) in [5, 5.41) is 12.7. The van der Waals surface area contributed by atoms with Crippen molar-refractivity contribution < 1.29 is 5.11 Å². The van der Waals surface area contributed by atoms with E-state index in [0.29, 0.717) is 18.6 Å². The highest BCUT2D eigenvalue weighted by Gasteiger charge is 2.23. The van der Waals surface area contributed by atoms with Gasteiger partial charge in [-0.15, -0.1) is 12.3 Å². The number of aliphatic hydroxyl groups is 1. The number of terminal acetylenes is 1. The third kappa shape index (κ3) is 3.69. The van der Waals surface area contributed by atoms with Crippen LogP contribution in [0.3, 0.4) is 0 Å². The maximum atomic E-state index is 9.19. The molecule has 1 fully saturated rings. The first-order valence-corrected chi connectivity index (χ1v) is 5.66. The van der Waals surface area contributed by atoms with Gasteiger partial charge in [-0.1, -0.05) is 12.8 Å². The Morgan fingerprint density at radius 1 is 1.36 bits per heavy atom. The van der Waals surface area contributed by atoms with Gasteiger partial charge in [-0.3, -0.25) is 0 Å². The fraction of sp³-hybridized carbons (Fsp3) is 0.833. The predicted octanol–water partition coefficient (Wildman–Crippen LogP) is 1.54. The maximum absolute atomic E-state index is 9.19. The average molecular weight is 195 g/mol. The van der Waals surface area contributed by atoms with Crippen LogP contribution in [-0.2, 0) is 0 Å². The number of unbranched alkanes of at least 4 members (excludes halogenated alkanes) is 1. The van der Waals surface area contributed by atoms with Crippen LogP contribution in [0.5, 0.6) is 0 Å². The lowest BCUT2D eigenvalue weighted by atomic mass is 9.85. The Hall–Kier alpha value is -0.520.